The molecule has 1 aliphatic heterocycles. The number of likely N-dealkylation sites (tertiary alicyclic amines) is 1. The van der Waals surface area contributed by atoms with Crippen molar-refractivity contribution < 1.29 is 5.21 Å². The Kier molecular flexibility index (Phi) is 5.51. The summed E-state index contributed by atoms with van der Waals surface area (Å²) >= 11 is 0. The maximum Gasteiger partial charge on any atom is 0.384 e. The van der Waals surface area contributed by atoms with Crippen molar-refractivity contribution in [3.63, 3.8) is 0 Å². The zero-order valence-corrected chi connectivity index (χ0v) is 17.6. The molecular formula is C24H24N6O2. The quantitative estimate of drug-likeness (QED) is 0.467. The van der Waals surface area contributed by atoms with E-state index in [-0.39, 0.29) is 5.65 Å². The lowest BCUT2D eigenvalue weighted by molar-refractivity contribution is 0.182. The fraction of sp³-hybridized carbons (Fsp3) is 0.250. The second-order valence-electron chi connectivity index (χ2n) is 8.02. The average Bonchev–Trinajstić information content (AvgIpc) is 2.84. The molecule has 0 amide bonds. The van der Waals surface area contributed by atoms with Gasteiger partial charge in [-0.2, -0.15) is 4.98 Å². The van der Waals surface area contributed by atoms with Crippen LogP contribution in [0.2, 0.25) is 0 Å². The van der Waals surface area contributed by atoms with Crippen LogP contribution >= 0.6 is 0 Å². The van der Waals surface area contributed by atoms with E-state index in [0.29, 0.717) is 21.6 Å². The third-order valence-electron chi connectivity index (χ3n) is 5.76. The Morgan fingerprint density at radius 1 is 0.969 bits per heavy atom. The van der Waals surface area contributed by atoms with Crippen LogP contribution in [0.5, 0.6) is 0 Å². The summed E-state index contributed by atoms with van der Waals surface area (Å²) in [6.45, 7) is 3.37. The van der Waals surface area contributed by atoms with Gasteiger partial charge in [-0.1, -0.05) is 30.7 Å². The van der Waals surface area contributed by atoms with Gasteiger partial charge >= 0.3 is 5.69 Å². The lowest BCUT2D eigenvalue weighted by atomic mass is 10.1. The van der Waals surface area contributed by atoms with E-state index >= 15 is 0 Å². The third kappa shape index (κ3) is 4.17. The minimum atomic E-state index is -0.798. The molecule has 32 heavy (non-hydrogen) atoms. The highest BCUT2D eigenvalue weighted by Gasteiger charge is 2.12. The molecule has 1 saturated heterocycles. The minimum Gasteiger partial charge on any atom is -0.422 e. The molecule has 0 bridgehead atoms. The molecule has 0 radical (unpaired) electrons. The van der Waals surface area contributed by atoms with Gasteiger partial charge in [0, 0.05) is 18.3 Å². The summed E-state index contributed by atoms with van der Waals surface area (Å²) in [5.74, 6) is 0.319. The lowest BCUT2D eigenvalue weighted by Gasteiger charge is -2.26. The average molecular weight is 428 g/mol. The van der Waals surface area contributed by atoms with Crippen LogP contribution in [0.15, 0.2) is 65.7 Å². The standard InChI is InChI=1S/C24H24N6O2/c31-24-28-22(20-5-4-12-25-23(20)30(24)32)27-19-10-11-21(26-15-19)18-8-6-17(7-9-18)16-29-13-2-1-3-14-29/h4-12,15,32H,1-3,13-14,16H2,(H,27,28,31). The summed E-state index contributed by atoms with van der Waals surface area (Å²) in [7, 11) is 0. The predicted molar refractivity (Wildman–Crippen MR) is 123 cm³/mol. The molecule has 162 valence electrons. The normalized spacial score (nSPS) is 14.5. The summed E-state index contributed by atoms with van der Waals surface area (Å²) < 4.78 is 0.441. The molecule has 1 fully saturated rings. The molecular weight excluding hydrogens is 404 g/mol. The summed E-state index contributed by atoms with van der Waals surface area (Å²) in [5, 5.41) is 13.5. The van der Waals surface area contributed by atoms with Gasteiger partial charge in [0.05, 0.1) is 23.0 Å². The Labute approximate surface area is 185 Å². The highest BCUT2D eigenvalue weighted by atomic mass is 16.5. The number of rotatable bonds is 5. The number of benzene rings is 1. The molecule has 1 aliphatic rings. The maximum atomic E-state index is 11.9. The van der Waals surface area contributed by atoms with Gasteiger partial charge in [-0.15, -0.1) is 4.73 Å². The molecule has 1 aromatic carbocycles. The van der Waals surface area contributed by atoms with E-state index in [1.54, 1.807) is 18.3 Å². The second kappa shape index (κ2) is 8.76. The summed E-state index contributed by atoms with van der Waals surface area (Å²) in [4.78, 5) is 27.0. The van der Waals surface area contributed by atoms with Crippen LogP contribution in [-0.4, -0.2) is 42.9 Å². The van der Waals surface area contributed by atoms with Crippen molar-refractivity contribution in [1.82, 2.24) is 24.6 Å². The van der Waals surface area contributed by atoms with Gasteiger partial charge in [0.2, 0.25) is 0 Å². The Morgan fingerprint density at radius 2 is 1.78 bits per heavy atom. The van der Waals surface area contributed by atoms with Crippen LogP contribution in [0.25, 0.3) is 22.3 Å². The number of nitrogens with one attached hydrogen (secondary N) is 1. The molecule has 8 heteroatoms. The zero-order valence-electron chi connectivity index (χ0n) is 17.6. The van der Waals surface area contributed by atoms with E-state index < -0.39 is 5.69 Å². The van der Waals surface area contributed by atoms with Crippen molar-refractivity contribution in [3.05, 3.63) is 77.0 Å². The molecule has 5 rings (SSSR count). The number of hydrogen-bond donors (Lipinski definition) is 2. The van der Waals surface area contributed by atoms with Crippen LogP contribution in [0, 0.1) is 0 Å². The van der Waals surface area contributed by atoms with Gasteiger partial charge < -0.3 is 10.5 Å². The molecule has 0 unspecified atom stereocenters. The van der Waals surface area contributed by atoms with Crippen molar-refractivity contribution in [2.75, 3.05) is 18.4 Å². The monoisotopic (exact) mass is 428 g/mol. The van der Waals surface area contributed by atoms with Gasteiger partial charge in [-0.3, -0.25) is 9.88 Å². The van der Waals surface area contributed by atoms with Crippen LogP contribution in [-0.2, 0) is 6.54 Å². The predicted octanol–water partition coefficient (Wildman–Crippen LogP) is 3.82. The van der Waals surface area contributed by atoms with Crippen molar-refractivity contribution in [2.45, 2.75) is 25.8 Å². The van der Waals surface area contributed by atoms with Gasteiger partial charge in [0.25, 0.3) is 0 Å². The van der Waals surface area contributed by atoms with Crippen LogP contribution < -0.4 is 11.0 Å². The summed E-state index contributed by atoms with van der Waals surface area (Å²) in [6, 6.07) is 15.8. The first-order chi connectivity index (χ1) is 15.7. The van der Waals surface area contributed by atoms with E-state index in [0.717, 1.165) is 17.8 Å². The first-order valence-electron chi connectivity index (χ1n) is 10.8. The SMILES string of the molecule is O=c1nc(Nc2ccc(-c3ccc(CN4CCCCC4)cc3)nc2)c2cccnc2n1O. The molecule has 0 spiro atoms. The van der Waals surface area contributed by atoms with Gasteiger partial charge in [-0.05, 0) is 55.8 Å². The van der Waals surface area contributed by atoms with Crippen molar-refractivity contribution >= 4 is 22.5 Å². The van der Waals surface area contributed by atoms with Crippen LogP contribution in [0.1, 0.15) is 24.8 Å². The number of hydrogen-bond acceptors (Lipinski definition) is 7. The van der Waals surface area contributed by atoms with Gasteiger partial charge in [0.1, 0.15) is 5.82 Å². The largest absolute Gasteiger partial charge is 0.422 e. The number of nitrogens with zero attached hydrogens (tertiary/aromatic N) is 5. The fourth-order valence-electron chi connectivity index (χ4n) is 4.07. The van der Waals surface area contributed by atoms with Gasteiger partial charge in [-0.25, -0.2) is 9.78 Å². The Bertz CT molecular complexity index is 1280. The fourth-order valence-corrected chi connectivity index (χ4v) is 4.07. The summed E-state index contributed by atoms with van der Waals surface area (Å²) in [6.07, 6.45) is 7.14. The van der Waals surface area contributed by atoms with E-state index in [4.69, 9.17) is 0 Å². The molecule has 3 aromatic heterocycles. The van der Waals surface area contributed by atoms with E-state index in [1.807, 2.05) is 12.1 Å². The van der Waals surface area contributed by atoms with E-state index in [1.165, 1.54) is 44.1 Å². The molecule has 0 saturated carbocycles. The first kappa shape index (κ1) is 20.1. The molecule has 0 aliphatic carbocycles. The zero-order chi connectivity index (χ0) is 21.9. The molecule has 4 heterocycles. The van der Waals surface area contributed by atoms with Gasteiger partial charge in [0.15, 0.2) is 5.65 Å². The molecule has 8 nitrogen and oxygen atoms in total. The lowest BCUT2D eigenvalue weighted by Crippen LogP contribution is -2.28. The number of anilines is 2. The maximum absolute atomic E-state index is 11.9. The molecule has 0 atom stereocenters. The topological polar surface area (TPSA) is 96.2 Å². The second-order valence-corrected chi connectivity index (χ2v) is 8.02. The minimum absolute atomic E-state index is 0.143. The Balaban J connectivity index is 1.32. The van der Waals surface area contributed by atoms with Crippen molar-refractivity contribution in [3.8, 4) is 11.3 Å². The van der Waals surface area contributed by atoms with Crippen molar-refractivity contribution in [1.29, 1.82) is 0 Å². The smallest absolute Gasteiger partial charge is 0.384 e. The Morgan fingerprint density at radius 3 is 2.53 bits per heavy atom. The number of fused-ring (bicyclic) bond motifs is 1. The highest BCUT2D eigenvalue weighted by Crippen LogP contribution is 2.24. The molecule has 2 N–H and O–H groups in total. The summed E-state index contributed by atoms with van der Waals surface area (Å²) in [5.41, 5.74) is 3.26. The van der Waals surface area contributed by atoms with Crippen molar-refractivity contribution in [2.24, 2.45) is 0 Å². The number of aromatic nitrogens is 4. The third-order valence-corrected chi connectivity index (χ3v) is 5.76. The van der Waals surface area contributed by atoms with Crippen LogP contribution in [0.3, 0.4) is 0 Å². The van der Waals surface area contributed by atoms with Crippen LogP contribution in [0.4, 0.5) is 11.5 Å². The number of pyridine rings is 2. The Hall–Kier alpha value is -3.78. The van der Waals surface area contributed by atoms with E-state index in [9.17, 15) is 10.0 Å². The van der Waals surface area contributed by atoms with E-state index in [2.05, 4.69) is 49.4 Å². The highest BCUT2D eigenvalue weighted by molar-refractivity contribution is 5.88. The molecule has 4 aromatic rings. The first-order valence-corrected chi connectivity index (χ1v) is 10.8. The number of piperidine rings is 1.